The van der Waals surface area contributed by atoms with E-state index in [4.69, 9.17) is 5.73 Å². The maximum atomic E-state index is 13.9. The van der Waals surface area contributed by atoms with Gasteiger partial charge in [0.15, 0.2) is 5.17 Å². The van der Waals surface area contributed by atoms with E-state index < -0.39 is 4.75 Å². The van der Waals surface area contributed by atoms with Gasteiger partial charge < -0.3 is 11.1 Å². The van der Waals surface area contributed by atoms with Gasteiger partial charge in [0.1, 0.15) is 10.6 Å². The molecule has 1 fully saturated rings. The molecule has 4 nitrogen and oxygen atoms in total. The summed E-state index contributed by atoms with van der Waals surface area (Å²) in [4.78, 5) is 16.9. The predicted molar refractivity (Wildman–Crippen MR) is 96.2 cm³/mol. The molecular formula is C18H18FN3OS. The summed E-state index contributed by atoms with van der Waals surface area (Å²) in [5.41, 5.74) is 7.71. The SMILES string of the molecule is C[C@H](N=C1NC(=O)[C@@](C)(c2ccc(N)cc2)S1)c1ccccc1F. The third kappa shape index (κ3) is 3.01. The van der Waals surface area contributed by atoms with Gasteiger partial charge in [0, 0.05) is 11.3 Å². The van der Waals surface area contributed by atoms with Gasteiger partial charge in [0.25, 0.3) is 0 Å². The number of aliphatic imine (C=N–C) groups is 1. The minimum absolute atomic E-state index is 0.142. The fraction of sp³-hybridized carbons (Fsp3) is 0.222. The Morgan fingerprint density at radius 3 is 2.54 bits per heavy atom. The molecule has 0 radical (unpaired) electrons. The lowest BCUT2D eigenvalue weighted by molar-refractivity contribution is -0.121. The van der Waals surface area contributed by atoms with Gasteiger partial charge in [-0.1, -0.05) is 42.1 Å². The van der Waals surface area contributed by atoms with Gasteiger partial charge in [0.05, 0.1) is 6.04 Å². The highest BCUT2D eigenvalue weighted by Gasteiger charge is 2.44. The molecule has 124 valence electrons. The van der Waals surface area contributed by atoms with Crippen molar-refractivity contribution in [3.05, 3.63) is 65.5 Å². The van der Waals surface area contributed by atoms with Crippen LogP contribution in [0.1, 0.15) is 31.0 Å². The predicted octanol–water partition coefficient (Wildman–Crippen LogP) is 3.60. The number of thioether (sulfide) groups is 1. The Morgan fingerprint density at radius 2 is 1.88 bits per heavy atom. The summed E-state index contributed by atoms with van der Waals surface area (Å²) in [6.07, 6.45) is 0. The molecule has 0 aliphatic carbocycles. The van der Waals surface area contributed by atoms with E-state index in [0.717, 1.165) is 5.56 Å². The monoisotopic (exact) mass is 343 g/mol. The maximum absolute atomic E-state index is 13.9. The first kappa shape index (κ1) is 16.5. The number of nitrogens with one attached hydrogen (secondary N) is 1. The number of hydrogen-bond donors (Lipinski definition) is 2. The van der Waals surface area contributed by atoms with Crippen molar-refractivity contribution in [1.29, 1.82) is 0 Å². The number of benzene rings is 2. The van der Waals surface area contributed by atoms with Crippen molar-refractivity contribution >= 4 is 28.5 Å². The third-order valence-electron chi connectivity index (χ3n) is 4.08. The molecule has 3 rings (SSSR count). The van der Waals surface area contributed by atoms with Crippen molar-refractivity contribution < 1.29 is 9.18 Å². The average Bonchev–Trinajstić information content (AvgIpc) is 2.83. The summed E-state index contributed by atoms with van der Waals surface area (Å²) in [6.45, 7) is 3.64. The van der Waals surface area contributed by atoms with Gasteiger partial charge in [0.2, 0.25) is 5.91 Å². The van der Waals surface area contributed by atoms with Crippen LogP contribution in [-0.2, 0) is 9.54 Å². The molecule has 1 heterocycles. The van der Waals surface area contributed by atoms with E-state index in [0.29, 0.717) is 16.4 Å². The number of hydrogen-bond acceptors (Lipinski definition) is 4. The Hall–Kier alpha value is -2.34. The summed E-state index contributed by atoms with van der Waals surface area (Å²) in [7, 11) is 0. The summed E-state index contributed by atoms with van der Waals surface area (Å²) in [5.74, 6) is -0.443. The molecule has 6 heteroatoms. The van der Waals surface area contributed by atoms with E-state index in [2.05, 4.69) is 10.3 Å². The molecule has 24 heavy (non-hydrogen) atoms. The molecule has 0 aromatic heterocycles. The van der Waals surface area contributed by atoms with E-state index in [1.54, 1.807) is 37.3 Å². The van der Waals surface area contributed by atoms with Gasteiger partial charge in [-0.25, -0.2) is 4.39 Å². The molecule has 2 atom stereocenters. The van der Waals surface area contributed by atoms with Crippen LogP contribution in [-0.4, -0.2) is 11.1 Å². The molecular weight excluding hydrogens is 325 g/mol. The van der Waals surface area contributed by atoms with Crippen LogP contribution in [0.2, 0.25) is 0 Å². The fourth-order valence-corrected chi connectivity index (χ4v) is 3.73. The number of amides is 1. The number of rotatable bonds is 3. The number of nitrogens with two attached hydrogens (primary N) is 1. The first-order valence-electron chi connectivity index (χ1n) is 7.59. The lowest BCUT2D eigenvalue weighted by Gasteiger charge is -2.19. The molecule has 1 aliphatic heterocycles. The third-order valence-corrected chi connectivity index (χ3v) is 5.31. The Labute approximate surface area is 144 Å². The molecule has 3 N–H and O–H groups in total. The van der Waals surface area contributed by atoms with Crippen molar-refractivity contribution in [2.24, 2.45) is 4.99 Å². The normalized spacial score (nSPS) is 23.3. The van der Waals surface area contributed by atoms with Crippen LogP contribution in [0.4, 0.5) is 10.1 Å². The summed E-state index contributed by atoms with van der Waals surface area (Å²) < 4.78 is 13.1. The summed E-state index contributed by atoms with van der Waals surface area (Å²) in [6, 6.07) is 13.3. The van der Waals surface area contributed by atoms with E-state index in [9.17, 15) is 9.18 Å². The van der Waals surface area contributed by atoms with Gasteiger partial charge in [-0.3, -0.25) is 9.79 Å². The molecule has 2 aromatic rings. The molecule has 1 saturated heterocycles. The Kier molecular flexibility index (Phi) is 4.32. The lowest BCUT2D eigenvalue weighted by atomic mass is 9.99. The lowest BCUT2D eigenvalue weighted by Crippen LogP contribution is -2.31. The van der Waals surface area contributed by atoms with E-state index in [1.807, 2.05) is 19.1 Å². The molecule has 1 amide bonds. The smallest absolute Gasteiger partial charge is 0.246 e. The van der Waals surface area contributed by atoms with Crippen LogP contribution in [0, 0.1) is 5.82 Å². The number of carbonyl (C=O) groups is 1. The van der Waals surface area contributed by atoms with Crippen LogP contribution >= 0.6 is 11.8 Å². The second-order valence-corrected chi connectivity index (χ2v) is 7.25. The summed E-state index contributed by atoms with van der Waals surface area (Å²) >= 11 is 1.33. The Bertz CT molecular complexity index is 806. The number of carbonyl (C=O) groups excluding carboxylic acids is 1. The maximum Gasteiger partial charge on any atom is 0.246 e. The second kappa shape index (κ2) is 6.28. The number of halogens is 1. The molecule has 0 saturated carbocycles. The second-order valence-electron chi connectivity index (χ2n) is 5.84. The zero-order valence-corrected chi connectivity index (χ0v) is 14.2. The van der Waals surface area contributed by atoms with Crippen LogP contribution in [0.5, 0.6) is 0 Å². The number of anilines is 1. The highest BCUT2D eigenvalue weighted by molar-refractivity contribution is 8.15. The van der Waals surface area contributed by atoms with Gasteiger partial charge in [-0.2, -0.15) is 0 Å². The standard InChI is InChI=1S/C18H18FN3OS/c1-11(14-5-3-4-6-15(14)19)21-17-22-16(23)18(2,24-17)12-7-9-13(20)10-8-12/h3-11H,20H2,1-2H3,(H,21,22,23)/t11-,18+/m0/s1. The zero-order chi connectivity index (χ0) is 17.3. The quantitative estimate of drug-likeness (QED) is 0.837. The highest BCUT2D eigenvalue weighted by atomic mass is 32.2. The van der Waals surface area contributed by atoms with Crippen LogP contribution in [0.3, 0.4) is 0 Å². The van der Waals surface area contributed by atoms with Crippen LogP contribution in [0.15, 0.2) is 53.5 Å². The van der Waals surface area contributed by atoms with Crippen molar-refractivity contribution in [3.8, 4) is 0 Å². The van der Waals surface area contributed by atoms with E-state index in [1.165, 1.54) is 17.8 Å². The van der Waals surface area contributed by atoms with Gasteiger partial charge in [-0.15, -0.1) is 0 Å². The first-order valence-corrected chi connectivity index (χ1v) is 8.40. The molecule has 1 aliphatic rings. The van der Waals surface area contributed by atoms with Crippen molar-refractivity contribution in [2.75, 3.05) is 5.73 Å². The average molecular weight is 343 g/mol. The van der Waals surface area contributed by atoms with Crippen molar-refractivity contribution in [3.63, 3.8) is 0 Å². The molecule has 0 bridgehead atoms. The van der Waals surface area contributed by atoms with Crippen LogP contribution < -0.4 is 11.1 Å². The van der Waals surface area contributed by atoms with Crippen molar-refractivity contribution in [1.82, 2.24) is 5.32 Å². The van der Waals surface area contributed by atoms with E-state index >= 15 is 0 Å². The van der Waals surface area contributed by atoms with Gasteiger partial charge in [-0.05, 0) is 37.6 Å². The largest absolute Gasteiger partial charge is 0.399 e. The number of nitrogen functional groups attached to an aromatic ring is 1. The topological polar surface area (TPSA) is 67.5 Å². The summed E-state index contributed by atoms with van der Waals surface area (Å²) in [5, 5.41) is 3.29. The van der Waals surface area contributed by atoms with Crippen molar-refractivity contribution in [2.45, 2.75) is 24.6 Å². The Balaban J connectivity index is 1.86. The van der Waals surface area contributed by atoms with E-state index in [-0.39, 0.29) is 17.8 Å². The first-order chi connectivity index (χ1) is 11.4. The van der Waals surface area contributed by atoms with Gasteiger partial charge >= 0.3 is 0 Å². The zero-order valence-electron chi connectivity index (χ0n) is 13.4. The molecule has 0 spiro atoms. The molecule has 2 aromatic carbocycles. The number of nitrogens with zero attached hydrogens (tertiary/aromatic N) is 1. The highest BCUT2D eigenvalue weighted by Crippen LogP contribution is 2.42. The fourth-order valence-electron chi connectivity index (χ4n) is 2.59. The molecule has 0 unspecified atom stereocenters. The Morgan fingerprint density at radius 1 is 1.21 bits per heavy atom. The minimum atomic E-state index is -0.776. The van der Waals surface area contributed by atoms with Crippen LogP contribution in [0.25, 0.3) is 0 Å². The minimum Gasteiger partial charge on any atom is -0.399 e. The number of amidine groups is 1.